The first kappa shape index (κ1) is 13.0. The summed E-state index contributed by atoms with van der Waals surface area (Å²) in [6.07, 6.45) is 0. The number of hydrogen-bond donors (Lipinski definition) is 0. The Labute approximate surface area is 128 Å². The van der Waals surface area contributed by atoms with E-state index in [4.69, 9.17) is 0 Å². The Morgan fingerprint density at radius 1 is 0.368 bits per heavy atom. The number of hydrogen-bond acceptors (Lipinski definition) is 0. The van der Waals surface area contributed by atoms with Crippen LogP contribution in [0, 0.1) is 35.5 Å². The van der Waals surface area contributed by atoms with E-state index in [0.717, 1.165) is 0 Å². The zero-order chi connectivity index (χ0) is 12.9. The zero-order valence-electron chi connectivity index (χ0n) is 10.7. The SMILES string of the molecule is c1cc[c]([Ce]([c]2ccccc2)[c]2ccccc2)cc1. The average molecular weight is 371 g/mol. The van der Waals surface area contributed by atoms with Crippen molar-refractivity contribution in [1.82, 2.24) is 0 Å². The Morgan fingerprint density at radius 3 is 0.895 bits per heavy atom. The molecule has 0 aliphatic heterocycles. The third kappa shape index (κ3) is 3.14. The van der Waals surface area contributed by atoms with Crippen LogP contribution < -0.4 is 3.24 Å². The molecule has 3 aromatic carbocycles. The molecule has 0 atom stereocenters. The fourth-order valence-electron chi connectivity index (χ4n) is 2.31. The summed E-state index contributed by atoms with van der Waals surface area (Å²) in [6, 6.07) is 33.0. The Kier molecular flexibility index (Phi) is 4.44. The van der Waals surface area contributed by atoms with E-state index < -0.39 is 35.5 Å². The van der Waals surface area contributed by atoms with Gasteiger partial charge in [-0.2, -0.15) is 0 Å². The maximum atomic E-state index is 2.29. The Hall–Kier alpha value is -0.963. The third-order valence-electron chi connectivity index (χ3n) is 3.19. The number of rotatable bonds is 3. The van der Waals surface area contributed by atoms with Gasteiger partial charge < -0.3 is 0 Å². The Balaban J connectivity index is 2.12. The van der Waals surface area contributed by atoms with Gasteiger partial charge in [0, 0.05) is 0 Å². The molecule has 3 rings (SSSR count). The maximum absolute atomic E-state index is 2.29. The molecule has 0 fully saturated rings. The minimum atomic E-state index is -2.17. The van der Waals surface area contributed by atoms with Gasteiger partial charge in [-0.25, -0.2) is 0 Å². The molecule has 0 aromatic heterocycles. The monoisotopic (exact) mass is 371 g/mol. The summed E-state index contributed by atoms with van der Waals surface area (Å²) >= 11 is -2.17. The second-order valence-electron chi connectivity index (χ2n) is 4.47. The summed E-state index contributed by atoms with van der Waals surface area (Å²) < 4.78 is 4.64. The van der Waals surface area contributed by atoms with Crippen LogP contribution in [0.5, 0.6) is 0 Å². The predicted octanol–water partition coefficient (Wildman–Crippen LogP) is 2.58. The molecule has 0 amide bonds. The van der Waals surface area contributed by atoms with E-state index in [1.54, 1.807) is 3.24 Å². The Morgan fingerprint density at radius 2 is 0.632 bits per heavy atom. The van der Waals surface area contributed by atoms with Crippen molar-refractivity contribution in [3.05, 3.63) is 91.0 Å². The van der Waals surface area contributed by atoms with Crippen molar-refractivity contribution in [2.24, 2.45) is 0 Å². The van der Waals surface area contributed by atoms with Crippen LogP contribution in [0.4, 0.5) is 0 Å². The van der Waals surface area contributed by atoms with Gasteiger partial charge in [-0.1, -0.05) is 0 Å². The van der Waals surface area contributed by atoms with E-state index in [9.17, 15) is 0 Å². The van der Waals surface area contributed by atoms with E-state index in [1.807, 2.05) is 0 Å². The molecule has 3 aromatic rings. The van der Waals surface area contributed by atoms with Gasteiger partial charge in [-0.05, 0) is 0 Å². The molecule has 0 nitrogen and oxygen atoms in total. The van der Waals surface area contributed by atoms with Gasteiger partial charge in [0.15, 0.2) is 0 Å². The van der Waals surface area contributed by atoms with E-state index in [0.29, 0.717) is 0 Å². The summed E-state index contributed by atoms with van der Waals surface area (Å²) in [5, 5.41) is 0. The van der Waals surface area contributed by atoms with Gasteiger partial charge in [0.25, 0.3) is 0 Å². The molecular weight excluding hydrogens is 356 g/mol. The molecule has 0 bridgehead atoms. The van der Waals surface area contributed by atoms with Gasteiger partial charge in [0.05, 0.1) is 0 Å². The summed E-state index contributed by atoms with van der Waals surface area (Å²) in [5.74, 6) is 0. The predicted molar refractivity (Wildman–Crippen MR) is 78.2 cm³/mol. The molecule has 0 saturated carbocycles. The van der Waals surface area contributed by atoms with Crippen molar-refractivity contribution >= 4 is 3.24 Å². The van der Waals surface area contributed by atoms with Crippen LogP contribution in [0.25, 0.3) is 0 Å². The van der Waals surface area contributed by atoms with Gasteiger partial charge in [0.2, 0.25) is 0 Å². The van der Waals surface area contributed by atoms with Crippen molar-refractivity contribution in [3.8, 4) is 0 Å². The third-order valence-corrected chi connectivity index (χ3v) is 11.8. The van der Waals surface area contributed by atoms with Crippen LogP contribution in [-0.2, 0) is 0 Å². The topological polar surface area (TPSA) is 0 Å². The van der Waals surface area contributed by atoms with Gasteiger partial charge in [-0.3, -0.25) is 0 Å². The van der Waals surface area contributed by atoms with E-state index in [2.05, 4.69) is 91.0 Å². The van der Waals surface area contributed by atoms with Crippen molar-refractivity contribution < 1.29 is 35.5 Å². The van der Waals surface area contributed by atoms with Gasteiger partial charge in [-0.15, -0.1) is 0 Å². The fraction of sp³-hybridized carbons (Fsp3) is 0. The summed E-state index contributed by atoms with van der Waals surface area (Å²) in [4.78, 5) is 0. The van der Waals surface area contributed by atoms with Crippen molar-refractivity contribution in [2.45, 2.75) is 0 Å². The molecule has 0 saturated heterocycles. The standard InChI is InChI=1S/3C6H5.Ce/c3*1-2-4-6-5-3-1;/h3*1-5H;. The summed E-state index contributed by atoms with van der Waals surface area (Å²) in [7, 11) is 0. The zero-order valence-corrected chi connectivity index (χ0v) is 13.8. The van der Waals surface area contributed by atoms with Crippen molar-refractivity contribution in [3.63, 3.8) is 0 Å². The van der Waals surface area contributed by atoms with Crippen LogP contribution >= 0.6 is 0 Å². The first-order chi connectivity index (χ1) is 9.45. The molecule has 0 N–H and O–H groups in total. The van der Waals surface area contributed by atoms with E-state index in [1.165, 1.54) is 0 Å². The van der Waals surface area contributed by atoms with E-state index in [-0.39, 0.29) is 0 Å². The van der Waals surface area contributed by atoms with Crippen LogP contribution in [0.2, 0.25) is 0 Å². The van der Waals surface area contributed by atoms with Crippen LogP contribution in [-0.4, -0.2) is 0 Å². The van der Waals surface area contributed by atoms with Gasteiger partial charge in [0.1, 0.15) is 0 Å². The van der Waals surface area contributed by atoms with Crippen LogP contribution in [0.3, 0.4) is 0 Å². The average Bonchev–Trinajstić information content (AvgIpc) is 2.51. The van der Waals surface area contributed by atoms with Crippen molar-refractivity contribution in [1.29, 1.82) is 0 Å². The molecule has 0 aliphatic carbocycles. The number of benzene rings is 3. The quantitative estimate of drug-likeness (QED) is 0.664. The minimum absolute atomic E-state index is 1.55. The summed E-state index contributed by atoms with van der Waals surface area (Å²) in [6.45, 7) is 0. The molecule has 0 spiro atoms. The van der Waals surface area contributed by atoms with Crippen molar-refractivity contribution in [2.75, 3.05) is 0 Å². The molecule has 19 heavy (non-hydrogen) atoms. The normalized spacial score (nSPS) is 10.1. The fourth-order valence-corrected chi connectivity index (χ4v) is 10.4. The van der Waals surface area contributed by atoms with Crippen LogP contribution in [0.1, 0.15) is 0 Å². The van der Waals surface area contributed by atoms with Gasteiger partial charge >= 0.3 is 130 Å². The summed E-state index contributed by atoms with van der Waals surface area (Å²) in [5.41, 5.74) is 0. The Bertz CT molecular complexity index is 524. The molecule has 0 aliphatic rings. The molecular formula is C18H15Ce. The molecule has 0 radical (unpaired) electrons. The molecule has 91 valence electrons. The first-order valence-electron chi connectivity index (χ1n) is 6.48. The second kappa shape index (κ2) is 6.46. The van der Waals surface area contributed by atoms with Crippen LogP contribution in [0.15, 0.2) is 91.0 Å². The first-order valence-corrected chi connectivity index (χ1v) is 11.2. The second-order valence-corrected chi connectivity index (χ2v) is 12.3. The van der Waals surface area contributed by atoms with E-state index >= 15 is 0 Å². The molecule has 0 unspecified atom stereocenters. The molecule has 0 heterocycles. The molecule has 1 heteroatoms.